The number of benzene rings is 2. The third-order valence-electron chi connectivity index (χ3n) is 3.92. The average Bonchev–Trinajstić information content (AvgIpc) is 3.11. The van der Waals surface area contributed by atoms with Crippen LogP contribution in [-0.4, -0.2) is 36.6 Å². The Balaban J connectivity index is 1.59. The van der Waals surface area contributed by atoms with Crippen LogP contribution in [0.2, 0.25) is 5.02 Å². The number of non-ortho nitro benzene ring substituents is 1. The fourth-order valence-corrected chi connectivity index (χ4v) is 2.72. The molecule has 2 aromatic rings. The quantitative estimate of drug-likeness (QED) is 0.483. The Morgan fingerprint density at radius 1 is 1.29 bits per heavy atom. The molecule has 28 heavy (non-hydrogen) atoms. The lowest BCUT2D eigenvalue weighted by molar-refractivity contribution is -0.384. The molecule has 3 rings (SSSR count). The van der Waals surface area contributed by atoms with Crippen LogP contribution in [0, 0.1) is 22.0 Å². The summed E-state index contributed by atoms with van der Waals surface area (Å²) in [4.78, 5) is 35.4. The molecule has 1 heterocycles. The Morgan fingerprint density at radius 2 is 2.04 bits per heavy atom. The lowest BCUT2D eigenvalue weighted by Crippen LogP contribution is -2.24. The van der Waals surface area contributed by atoms with Gasteiger partial charge in [-0.05, 0) is 30.3 Å². The highest BCUT2D eigenvalue weighted by Gasteiger charge is 2.23. The first-order valence-electron chi connectivity index (χ1n) is 8.21. The number of nitro benzene ring substituents is 1. The summed E-state index contributed by atoms with van der Waals surface area (Å²) in [7, 11) is 0. The van der Waals surface area contributed by atoms with E-state index in [1.54, 1.807) is 24.3 Å². The van der Waals surface area contributed by atoms with E-state index in [-0.39, 0.29) is 28.9 Å². The maximum atomic E-state index is 12.1. The van der Waals surface area contributed by atoms with Crippen molar-refractivity contribution in [3.8, 4) is 11.8 Å². The summed E-state index contributed by atoms with van der Waals surface area (Å²) >= 11 is 5.93. The maximum absolute atomic E-state index is 12.1. The molecule has 1 N–H and O–H groups in total. The molecule has 1 fully saturated rings. The molecule has 0 saturated carbocycles. The zero-order valence-corrected chi connectivity index (χ0v) is 15.2. The van der Waals surface area contributed by atoms with Gasteiger partial charge in [-0.3, -0.25) is 19.8 Å². The van der Waals surface area contributed by atoms with E-state index in [1.165, 1.54) is 17.0 Å². The minimum Gasteiger partial charge on any atom is -0.447 e. The van der Waals surface area contributed by atoms with Crippen molar-refractivity contribution in [3.05, 3.63) is 68.7 Å². The first-order valence-corrected chi connectivity index (χ1v) is 8.59. The van der Waals surface area contributed by atoms with Gasteiger partial charge in [0.05, 0.1) is 28.6 Å². The first-order chi connectivity index (χ1) is 13.5. The molecule has 2 amide bonds. The van der Waals surface area contributed by atoms with Crippen LogP contribution < -0.4 is 10.2 Å². The first kappa shape index (κ1) is 19.2. The molecular weight excluding hydrogens is 386 g/mol. The minimum absolute atomic E-state index is 0.0134. The third-order valence-corrected chi connectivity index (χ3v) is 4.24. The Morgan fingerprint density at radius 3 is 2.68 bits per heavy atom. The van der Waals surface area contributed by atoms with Crippen molar-refractivity contribution < 1.29 is 19.2 Å². The number of hydrogen-bond donors (Lipinski definition) is 1. The van der Waals surface area contributed by atoms with Gasteiger partial charge in [0.1, 0.15) is 6.61 Å². The summed E-state index contributed by atoms with van der Waals surface area (Å²) in [5, 5.41) is 13.5. The van der Waals surface area contributed by atoms with Crippen molar-refractivity contribution in [2.45, 2.75) is 0 Å². The number of carbonyl (C=O) groups is 2. The van der Waals surface area contributed by atoms with Crippen LogP contribution in [0.15, 0.2) is 42.5 Å². The molecule has 9 heteroatoms. The highest BCUT2D eigenvalue weighted by Crippen LogP contribution is 2.22. The zero-order chi connectivity index (χ0) is 20.1. The van der Waals surface area contributed by atoms with Crippen molar-refractivity contribution in [1.29, 1.82) is 0 Å². The lowest BCUT2D eigenvalue weighted by Gasteiger charge is -2.11. The summed E-state index contributed by atoms with van der Waals surface area (Å²) in [5.74, 6) is 5.13. The zero-order valence-electron chi connectivity index (χ0n) is 14.5. The Bertz CT molecular complexity index is 995. The number of ether oxygens (including phenoxy) is 1. The van der Waals surface area contributed by atoms with E-state index in [4.69, 9.17) is 16.3 Å². The fraction of sp³-hybridized carbons (Fsp3) is 0.158. The Kier molecular flexibility index (Phi) is 5.77. The number of halogens is 1. The summed E-state index contributed by atoms with van der Waals surface area (Å²) < 4.78 is 4.89. The fourth-order valence-electron chi connectivity index (χ4n) is 2.52. The van der Waals surface area contributed by atoms with Gasteiger partial charge in [-0.2, -0.15) is 0 Å². The summed E-state index contributed by atoms with van der Waals surface area (Å²) in [6.45, 7) is 0.919. The van der Waals surface area contributed by atoms with Gasteiger partial charge in [-0.15, -0.1) is 0 Å². The number of rotatable bonds is 4. The normalized spacial score (nSPS) is 12.8. The number of hydrogen-bond acceptors (Lipinski definition) is 5. The van der Waals surface area contributed by atoms with Crippen LogP contribution in [0.3, 0.4) is 0 Å². The van der Waals surface area contributed by atoms with Gasteiger partial charge < -0.3 is 10.1 Å². The predicted molar refractivity (Wildman–Crippen MR) is 102 cm³/mol. The summed E-state index contributed by atoms with van der Waals surface area (Å²) in [6.07, 6.45) is -0.374. The summed E-state index contributed by atoms with van der Waals surface area (Å²) in [6, 6.07) is 10.7. The van der Waals surface area contributed by atoms with E-state index in [2.05, 4.69) is 17.2 Å². The van der Waals surface area contributed by atoms with Crippen molar-refractivity contribution >= 4 is 35.0 Å². The number of cyclic esters (lactones) is 1. The van der Waals surface area contributed by atoms with Gasteiger partial charge in [0, 0.05) is 23.4 Å². The second kappa shape index (κ2) is 8.41. The molecule has 0 radical (unpaired) electrons. The van der Waals surface area contributed by atoms with E-state index < -0.39 is 10.8 Å². The number of nitro groups is 1. The molecule has 0 aliphatic carbocycles. The number of carbonyl (C=O) groups excluding carboxylic acids is 2. The van der Waals surface area contributed by atoms with Crippen molar-refractivity contribution in [3.63, 3.8) is 0 Å². The molecule has 0 bridgehead atoms. The topological polar surface area (TPSA) is 102 Å². The van der Waals surface area contributed by atoms with Gasteiger partial charge in [-0.25, -0.2) is 4.79 Å². The minimum atomic E-state index is -0.599. The van der Waals surface area contributed by atoms with Crippen molar-refractivity contribution in [2.24, 2.45) is 0 Å². The van der Waals surface area contributed by atoms with E-state index in [9.17, 15) is 19.7 Å². The molecule has 142 valence electrons. The number of nitrogens with zero attached hydrogens (tertiary/aromatic N) is 2. The maximum Gasteiger partial charge on any atom is 0.414 e. The predicted octanol–water partition coefficient (Wildman–Crippen LogP) is 2.99. The number of nitrogens with one attached hydrogen (secondary N) is 1. The third kappa shape index (κ3) is 4.39. The average molecular weight is 400 g/mol. The van der Waals surface area contributed by atoms with E-state index in [0.717, 1.165) is 11.8 Å². The molecule has 1 saturated heterocycles. The molecule has 1 aliphatic heterocycles. The monoisotopic (exact) mass is 399 g/mol. The van der Waals surface area contributed by atoms with Crippen LogP contribution in [0.5, 0.6) is 0 Å². The van der Waals surface area contributed by atoms with E-state index >= 15 is 0 Å². The molecule has 0 atom stereocenters. The van der Waals surface area contributed by atoms with Gasteiger partial charge in [0.25, 0.3) is 11.6 Å². The summed E-state index contributed by atoms with van der Waals surface area (Å²) in [5.41, 5.74) is 1.22. The molecule has 0 aromatic heterocycles. The van der Waals surface area contributed by atoms with Gasteiger partial charge in [0.2, 0.25) is 0 Å². The SMILES string of the molecule is O=C(NCC#Cc1ccc(N2CCOC2=O)cc1)c1cc([N+](=O)[O-])ccc1Cl. The Labute approximate surface area is 165 Å². The molecule has 2 aromatic carbocycles. The largest absolute Gasteiger partial charge is 0.447 e. The Hall–Kier alpha value is -3.57. The lowest BCUT2D eigenvalue weighted by atomic mass is 10.2. The highest BCUT2D eigenvalue weighted by molar-refractivity contribution is 6.33. The highest BCUT2D eigenvalue weighted by atomic mass is 35.5. The van der Waals surface area contributed by atoms with Crippen molar-refractivity contribution in [1.82, 2.24) is 5.32 Å². The van der Waals surface area contributed by atoms with Crippen molar-refractivity contribution in [2.75, 3.05) is 24.6 Å². The van der Waals surface area contributed by atoms with Crippen LogP contribution in [0.4, 0.5) is 16.2 Å². The van der Waals surface area contributed by atoms with Crippen LogP contribution >= 0.6 is 11.6 Å². The second-order valence-electron chi connectivity index (χ2n) is 5.72. The van der Waals surface area contributed by atoms with Crippen LogP contribution in [0.25, 0.3) is 0 Å². The smallest absolute Gasteiger partial charge is 0.414 e. The van der Waals surface area contributed by atoms with Gasteiger partial charge in [0.15, 0.2) is 0 Å². The van der Waals surface area contributed by atoms with E-state index in [1.807, 2.05) is 0 Å². The van der Waals surface area contributed by atoms with E-state index in [0.29, 0.717) is 18.7 Å². The molecule has 8 nitrogen and oxygen atoms in total. The standard InChI is InChI=1S/C19H14ClN3O5/c20-17-8-7-15(23(26)27)12-16(17)18(24)21-9-1-2-13-3-5-14(6-4-13)22-10-11-28-19(22)25/h3-8,12H,9-11H2,(H,21,24). The van der Waals surface area contributed by atoms with Gasteiger partial charge in [-0.1, -0.05) is 23.4 Å². The molecule has 0 unspecified atom stereocenters. The van der Waals surface area contributed by atoms with Gasteiger partial charge >= 0.3 is 6.09 Å². The van der Waals surface area contributed by atoms with Crippen LogP contribution in [0.1, 0.15) is 15.9 Å². The number of anilines is 1. The molecular formula is C19H14ClN3O5. The molecule has 0 spiro atoms. The molecule has 1 aliphatic rings. The van der Waals surface area contributed by atoms with Crippen LogP contribution in [-0.2, 0) is 4.74 Å². The second-order valence-corrected chi connectivity index (χ2v) is 6.13. The number of amides is 2.